The first kappa shape index (κ1) is 7.86. The van der Waals surface area contributed by atoms with E-state index in [1.807, 2.05) is 12.1 Å². The largest absolute Gasteiger partial charge is 0.460 e. The van der Waals surface area contributed by atoms with Crippen LogP contribution in [0.1, 0.15) is 24.7 Å². The molecule has 0 spiro atoms. The zero-order valence-electron chi connectivity index (χ0n) is 8.21. The van der Waals surface area contributed by atoms with Gasteiger partial charge in [-0.15, -0.1) is 0 Å². The first-order valence-corrected chi connectivity index (χ1v) is 5.02. The van der Waals surface area contributed by atoms with E-state index >= 15 is 0 Å². The van der Waals surface area contributed by atoms with Crippen LogP contribution in [0.25, 0.3) is 17.0 Å². The van der Waals surface area contributed by atoms with Crippen LogP contribution in [0.4, 0.5) is 0 Å². The molecule has 14 heavy (non-hydrogen) atoms. The first-order chi connectivity index (χ1) is 6.84. The number of furan rings is 1. The van der Waals surface area contributed by atoms with Crippen molar-refractivity contribution in [2.45, 2.75) is 19.8 Å². The van der Waals surface area contributed by atoms with E-state index < -0.39 is 0 Å². The zero-order valence-corrected chi connectivity index (χ0v) is 8.21. The average Bonchev–Trinajstić information content (AvgIpc) is 2.56. The molecule has 0 radical (unpaired) electrons. The highest BCUT2D eigenvalue weighted by molar-refractivity contribution is 5.89. The quantitative estimate of drug-likeness (QED) is 0.607. The molecule has 1 aliphatic rings. The smallest absolute Gasteiger partial charge is 0.134 e. The Morgan fingerprint density at radius 3 is 2.93 bits per heavy atom. The Morgan fingerprint density at radius 1 is 1.14 bits per heavy atom. The van der Waals surface area contributed by atoms with Gasteiger partial charge in [-0.05, 0) is 19.4 Å². The van der Waals surface area contributed by atoms with E-state index in [-0.39, 0.29) is 0 Å². The van der Waals surface area contributed by atoms with Crippen LogP contribution in [0.5, 0.6) is 0 Å². The second-order valence-electron chi connectivity index (χ2n) is 3.93. The fraction of sp³-hybridized carbons (Fsp3) is 0.231. The summed E-state index contributed by atoms with van der Waals surface area (Å²) >= 11 is 0. The van der Waals surface area contributed by atoms with Gasteiger partial charge in [0.05, 0.1) is 0 Å². The molecule has 70 valence electrons. The Balaban J connectivity index is 2.37. The van der Waals surface area contributed by atoms with Crippen molar-refractivity contribution >= 4 is 17.0 Å². The van der Waals surface area contributed by atoms with E-state index in [9.17, 15) is 0 Å². The number of aryl methyl sites for hydroxylation is 1. The molecular weight excluding hydrogens is 172 g/mol. The minimum atomic E-state index is 1.02. The van der Waals surface area contributed by atoms with Crippen LogP contribution in [0, 0.1) is 0 Å². The number of allylic oxidation sites excluding steroid dienone is 1. The van der Waals surface area contributed by atoms with Crippen LogP contribution >= 0.6 is 0 Å². The predicted octanol–water partition coefficient (Wildman–Crippen LogP) is 3.78. The molecule has 1 heterocycles. The summed E-state index contributed by atoms with van der Waals surface area (Å²) in [6, 6.07) is 8.26. The zero-order chi connectivity index (χ0) is 9.54. The molecule has 3 rings (SSSR count). The number of benzene rings is 1. The fourth-order valence-electron chi connectivity index (χ4n) is 2.09. The standard InChI is InChI=1S/C13H12O/c1-9-6-7-13-11(8-9)10-4-2-3-5-12(10)14-13/h2-5,8H,6-7H2,1H3. The topological polar surface area (TPSA) is 13.1 Å². The SMILES string of the molecule is CC1=Cc2c(oc3ccccc23)CC1. The lowest BCUT2D eigenvalue weighted by atomic mass is 9.97. The Labute approximate surface area is 83.0 Å². The Kier molecular flexibility index (Phi) is 1.54. The van der Waals surface area contributed by atoms with Gasteiger partial charge < -0.3 is 4.42 Å². The van der Waals surface area contributed by atoms with Crippen molar-refractivity contribution in [2.75, 3.05) is 0 Å². The molecule has 0 fully saturated rings. The van der Waals surface area contributed by atoms with Gasteiger partial charge in [0.25, 0.3) is 0 Å². The molecule has 2 aromatic rings. The molecular formula is C13H12O. The maximum atomic E-state index is 5.79. The summed E-state index contributed by atoms with van der Waals surface area (Å²) in [5, 5.41) is 1.25. The lowest BCUT2D eigenvalue weighted by Gasteiger charge is -2.07. The van der Waals surface area contributed by atoms with Gasteiger partial charge in [0.1, 0.15) is 11.3 Å². The number of hydrogen-bond donors (Lipinski definition) is 0. The van der Waals surface area contributed by atoms with Crippen molar-refractivity contribution in [3.05, 3.63) is 41.2 Å². The average molecular weight is 184 g/mol. The van der Waals surface area contributed by atoms with Gasteiger partial charge in [-0.1, -0.05) is 29.8 Å². The van der Waals surface area contributed by atoms with E-state index in [1.54, 1.807) is 0 Å². The lowest BCUT2D eigenvalue weighted by molar-refractivity contribution is 0.543. The third-order valence-corrected chi connectivity index (χ3v) is 2.85. The number of hydrogen-bond acceptors (Lipinski definition) is 1. The van der Waals surface area contributed by atoms with Gasteiger partial charge in [-0.25, -0.2) is 0 Å². The predicted molar refractivity (Wildman–Crippen MR) is 58.2 cm³/mol. The van der Waals surface area contributed by atoms with Crippen molar-refractivity contribution in [2.24, 2.45) is 0 Å². The normalized spacial score (nSPS) is 15.4. The monoisotopic (exact) mass is 184 g/mol. The molecule has 0 saturated heterocycles. The van der Waals surface area contributed by atoms with Crippen molar-refractivity contribution in [3.8, 4) is 0 Å². The highest BCUT2D eigenvalue weighted by Gasteiger charge is 2.15. The third-order valence-electron chi connectivity index (χ3n) is 2.85. The summed E-state index contributed by atoms with van der Waals surface area (Å²) in [6.45, 7) is 2.19. The van der Waals surface area contributed by atoms with Crippen LogP contribution in [0.15, 0.2) is 34.3 Å². The summed E-state index contributed by atoms with van der Waals surface area (Å²) in [7, 11) is 0. The van der Waals surface area contributed by atoms with E-state index in [4.69, 9.17) is 4.42 Å². The summed E-state index contributed by atoms with van der Waals surface area (Å²) in [6.07, 6.45) is 4.43. The van der Waals surface area contributed by atoms with Crippen LogP contribution in [-0.2, 0) is 6.42 Å². The molecule has 0 bridgehead atoms. The van der Waals surface area contributed by atoms with Gasteiger partial charge in [0.15, 0.2) is 0 Å². The van der Waals surface area contributed by atoms with Crippen molar-refractivity contribution < 1.29 is 4.42 Å². The van der Waals surface area contributed by atoms with Gasteiger partial charge >= 0.3 is 0 Å². The molecule has 0 N–H and O–H groups in total. The molecule has 0 atom stereocenters. The Hall–Kier alpha value is -1.50. The molecule has 1 aromatic carbocycles. The van der Waals surface area contributed by atoms with E-state index in [0.29, 0.717) is 0 Å². The molecule has 0 saturated carbocycles. The molecule has 1 nitrogen and oxygen atoms in total. The van der Waals surface area contributed by atoms with Gasteiger partial charge in [-0.3, -0.25) is 0 Å². The van der Waals surface area contributed by atoms with Crippen molar-refractivity contribution in [1.29, 1.82) is 0 Å². The second kappa shape index (κ2) is 2.74. The van der Waals surface area contributed by atoms with E-state index in [0.717, 1.165) is 24.2 Å². The van der Waals surface area contributed by atoms with E-state index in [1.165, 1.54) is 16.5 Å². The molecule has 0 unspecified atom stereocenters. The van der Waals surface area contributed by atoms with Crippen molar-refractivity contribution in [3.63, 3.8) is 0 Å². The highest BCUT2D eigenvalue weighted by atomic mass is 16.3. The van der Waals surface area contributed by atoms with Crippen LogP contribution in [0.3, 0.4) is 0 Å². The summed E-state index contributed by atoms with van der Waals surface area (Å²) < 4.78 is 5.79. The first-order valence-electron chi connectivity index (χ1n) is 5.02. The molecule has 1 heteroatoms. The third kappa shape index (κ3) is 1.02. The molecule has 1 aliphatic carbocycles. The van der Waals surface area contributed by atoms with Gasteiger partial charge in [0, 0.05) is 17.4 Å². The molecule has 0 amide bonds. The fourth-order valence-corrected chi connectivity index (χ4v) is 2.09. The van der Waals surface area contributed by atoms with Crippen LogP contribution in [0.2, 0.25) is 0 Å². The van der Waals surface area contributed by atoms with Gasteiger partial charge in [-0.2, -0.15) is 0 Å². The summed E-state index contributed by atoms with van der Waals surface area (Å²) in [4.78, 5) is 0. The Morgan fingerprint density at radius 2 is 2.00 bits per heavy atom. The van der Waals surface area contributed by atoms with Crippen LogP contribution in [-0.4, -0.2) is 0 Å². The molecule has 0 aliphatic heterocycles. The second-order valence-corrected chi connectivity index (χ2v) is 3.93. The maximum absolute atomic E-state index is 5.79. The maximum Gasteiger partial charge on any atom is 0.134 e. The summed E-state index contributed by atoms with van der Waals surface area (Å²) in [5.74, 6) is 1.15. The Bertz CT molecular complexity index is 517. The molecule has 1 aromatic heterocycles. The van der Waals surface area contributed by atoms with E-state index in [2.05, 4.69) is 25.1 Å². The van der Waals surface area contributed by atoms with Gasteiger partial charge in [0.2, 0.25) is 0 Å². The summed E-state index contributed by atoms with van der Waals surface area (Å²) in [5.41, 5.74) is 3.76. The van der Waals surface area contributed by atoms with Crippen molar-refractivity contribution in [1.82, 2.24) is 0 Å². The highest BCUT2D eigenvalue weighted by Crippen LogP contribution is 2.32. The minimum Gasteiger partial charge on any atom is -0.460 e. The number of fused-ring (bicyclic) bond motifs is 3. The number of para-hydroxylation sites is 1. The van der Waals surface area contributed by atoms with Crippen LogP contribution < -0.4 is 0 Å². The minimum absolute atomic E-state index is 1.02. The lowest BCUT2D eigenvalue weighted by Crippen LogP contribution is -1.93. The number of rotatable bonds is 0.